The van der Waals surface area contributed by atoms with E-state index in [1.54, 1.807) is 0 Å². The lowest BCUT2D eigenvalue weighted by molar-refractivity contribution is 0.178. The number of fused-ring (bicyclic) bond motifs is 1. The smallest absolute Gasteiger partial charge is 0.123 e. The highest BCUT2D eigenvalue weighted by Crippen LogP contribution is 2.34. The molecule has 2 aromatic carbocycles. The van der Waals surface area contributed by atoms with Crippen LogP contribution in [0.5, 0.6) is 5.75 Å². The van der Waals surface area contributed by atoms with Crippen LogP contribution in [-0.2, 0) is 6.42 Å². The molecule has 3 rings (SSSR count). The molecule has 1 heterocycles. The number of nitrogens with one attached hydrogen (secondary N) is 1. The van der Waals surface area contributed by atoms with Gasteiger partial charge >= 0.3 is 0 Å². The topological polar surface area (TPSA) is 21.3 Å². The molecule has 0 aromatic heterocycles. The summed E-state index contributed by atoms with van der Waals surface area (Å²) in [5.41, 5.74) is 3.94. The normalized spacial score (nSPS) is 18.1. The number of ether oxygens (including phenoxy) is 1. The van der Waals surface area contributed by atoms with Gasteiger partial charge in [-0.25, -0.2) is 0 Å². The van der Waals surface area contributed by atoms with Crippen molar-refractivity contribution in [2.24, 2.45) is 0 Å². The zero-order valence-electron chi connectivity index (χ0n) is 12.8. The Kier molecular flexibility index (Phi) is 4.26. The molecule has 0 bridgehead atoms. The molecule has 0 saturated carbocycles. The van der Waals surface area contributed by atoms with E-state index in [1.807, 2.05) is 6.07 Å². The van der Waals surface area contributed by atoms with Crippen molar-refractivity contribution in [1.82, 2.24) is 5.32 Å². The van der Waals surface area contributed by atoms with Gasteiger partial charge in [-0.3, -0.25) is 0 Å². The molecule has 1 aliphatic heterocycles. The second kappa shape index (κ2) is 6.31. The van der Waals surface area contributed by atoms with Crippen molar-refractivity contribution >= 4 is 0 Å². The summed E-state index contributed by atoms with van der Waals surface area (Å²) in [7, 11) is 0. The zero-order valence-corrected chi connectivity index (χ0v) is 12.8. The van der Waals surface area contributed by atoms with Crippen LogP contribution in [-0.4, -0.2) is 12.6 Å². The largest absolute Gasteiger partial charge is 0.488 e. The average molecular weight is 281 g/mol. The average Bonchev–Trinajstić information content (AvgIpc) is 2.91. The molecule has 0 fully saturated rings. The molecular formula is C19H23NO. The molecule has 1 N–H and O–H groups in total. The predicted octanol–water partition coefficient (Wildman–Crippen LogP) is 4.04. The molecule has 0 amide bonds. The number of aryl methyl sites for hydroxylation is 1. The van der Waals surface area contributed by atoms with Crippen LogP contribution in [0.4, 0.5) is 0 Å². The maximum atomic E-state index is 6.20. The quantitative estimate of drug-likeness (QED) is 0.893. The summed E-state index contributed by atoms with van der Waals surface area (Å²) in [6, 6.07) is 17.4. The lowest BCUT2D eigenvalue weighted by Gasteiger charge is -2.25. The van der Waals surface area contributed by atoms with Crippen LogP contribution in [0.3, 0.4) is 0 Å². The van der Waals surface area contributed by atoms with Gasteiger partial charge in [-0.1, -0.05) is 55.0 Å². The molecule has 2 unspecified atom stereocenters. The molecule has 2 atom stereocenters. The van der Waals surface area contributed by atoms with Gasteiger partial charge in [-0.2, -0.15) is 0 Å². The Morgan fingerprint density at radius 2 is 2.05 bits per heavy atom. The summed E-state index contributed by atoms with van der Waals surface area (Å²) >= 11 is 0. The van der Waals surface area contributed by atoms with Crippen molar-refractivity contribution in [3.05, 3.63) is 65.2 Å². The van der Waals surface area contributed by atoms with E-state index in [9.17, 15) is 0 Å². The monoisotopic (exact) mass is 281 g/mol. The molecule has 2 nitrogen and oxygen atoms in total. The van der Waals surface area contributed by atoms with E-state index in [1.165, 1.54) is 16.7 Å². The lowest BCUT2D eigenvalue weighted by atomic mass is 9.96. The number of hydrogen-bond donors (Lipinski definition) is 1. The van der Waals surface area contributed by atoms with Crippen molar-refractivity contribution in [2.45, 2.75) is 38.8 Å². The van der Waals surface area contributed by atoms with E-state index < -0.39 is 0 Å². The fourth-order valence-corrected chi connectivity index (χ4v) is 3.02. The summed E-state index contributed by atoms with van der Waals surface area (Å²) in [4.78, 5) is 0. The van der Waals surface area contributed by atoms with E-state index in [4.69, 9.17) is 4.74 Å². The molecule has 110 valence electrons. The fourth-order valence-electron chi connectivity index (χ4n) is 3.02. The number of para-hydroxylation sites is 1. The minimum Gasteiger partial charge on any atom is -0.488 e. The molecule has 0 aliphatic carbocycles. The van der Waals surface area contributed by atoms with Crippen molar-refractivity contribution in [2.75, 3.05) is 6.54 Å². The first-order chi connectivity index (χ1) is 10.3. The molecule has 1 aliphatic rings. The Morgan fingerprint density at radius 3 is 2.81 bits per heavy atom. The third-order valence-corrected chi connectivity index (χ3v) is 4.06. The van der Waals surface area contributed by atoms with Crippen LogP contribution in [0.15, 0.2) is 48.5 Å². The van der Waals surface area contributed by atoms with E-state index in [0.717, 1.165) is 25.1 Å². The minimum atomic E-state index is 0.177. The van der Waals surface area contributed by atoms with Gasteiger partial charge in [0, 0.05) is 6.42 Å². The molecule has 2 heteroatoms. The lowest BCUT2D eigenvalue weighted by Crippen LogP contribution is -2.35. The number of rotatable bonds is 5. The Balaban J connectivity index is 1.84. The summed E-state index contributed by atoms with van der Waals surface area (Å²) in [6.07, 6.45) is 2.28. The summed E-state index contributed by atoms with van der Waals surface area (Å²) in [6.45, 7) is 5.35. The Labute approximate surface area is 127 Å². The van der Waals surface area contributed by atoms with Gasteiger partial charge in [0.1, 0.15) is 11.9 Å². The second-order valence-electron chi connectivity index (χ2n) is 5.81. The Hall–Kier alpha value is -1.80. The van der Waals surface area contributed by atoms with Crippen LogP contribution >= 0.6 is 0 Å². The van der Waals surface area contributed by atoms with E-state index in [2.05, 4.69) is 61.6 Å². The van der Waals surface area contributed by atoms with Gasteiger partial charge < -0.3 is 10.1 Å². The number of benzene rings is 2. The molecular weight excluding hydrogens is 258 g/mol. The van der Waals surface area contributed by atoms with Crippen molar-refractivity contribution in [3.63, 3.8) is 0 Å². The first-order valence-electron chi connectivity index (χ1n) is 7.82. The van der Waals surface area contributed by atoms with Crippen LogP contribution < -0.4 is 10.1 Å². The van der Waals surface area contributed by atoms with Crippen LogP contribution in [0.1, 0.15) is 36.1 Å². The zero-order chi connectivity index (χ0) is 14.7. The van der Waals surface area contributed by atoms with Gasteiger partial charge in [0.15, 0.2) is 0 Å². The Bertz CT molecular complexity index is 583. The van der Waals surface area contributed by atoms with Crippen LogP contribution in [0, 0.1) is 6.92 Å². The molecule has 2 aromatic rings. The first-order valence-corrected chi connectivity index (χ1v) is 7.82. The first kappa shape index (κ1) is 14.2. The van der Waals surface area contributed by atoms with E-state index >= 15 is 0 Å². The number of hydrogen-bond acceptors (Lipinski definition) is 2. The van der Waals surface area contributed by atoms with Gasteiger partial charge in [0.05, 0.1) is 6.04 Å². The maximum absolute atomic E-state index is 6.20. The van der Waals surface area contributed by atoms with Crippen molar-refractivity contribution in [3.8, 4) is 5.75 Å². The highest BCUT2D eigenvalue weighted by Gasteiger charge is 2.30. The van der Waals surface area contributed by atoms with Crippen LogP contribution in [0.25, 0.3) is 0 Å². The third kappa shape index (κ3) is 3.11. The summed E-state index contributed by atoms with van der Waals surface area (Å²) in [5, 5.41) is 3.66. The third-order valence-electron chi connectivity index (χ3n) is 4.06. The fraction of sp³-hybridized carbons (Fsp3) is 0.368. The highest BCUT2D eigenvalue weighted by atomic mass is 16.5. The minimum absolute atomic E-state index is 0.177. The summed E-state index contributed by atoms with van der Waals surface area (Å²) in [5.74, 6) is 1.04. The standard InChI is InChI=1S/C19H23NO/c1-3-11-20-19(16-9-6-7-14(2)12-16)18-13-15-8-4-5-10-17(15)21-18/h4-10,12,18-20H,3,11,13H2,1-2H3. The van der Waals surface area contributed by atoms with Gasteiger partial charge in [-0.15, -0.1) is 0 Å². The van der Waals surface area contributed by atoms with E-state index in [0.29, 0.717) is 0 Å². The molecule has 0 saturated heterocycles. The van der Waals surface area contributed by atoms with E-state index in [-0.39, 0.29) is 12.1 Å². The maximum Gasteiger partial charge on any atom is 0.123 e. The summed E-state index contributed by atoms with van der Waals surface area (Å²) < 4.78 is 6.20. The van der Waals surface area contributed by atoms with Crippen molar-refractivity contribution in [1.29, 1.82) is 0 Å². The van der Waals surface area contributed by atoms with Crippen LogP contribution in [0.2, 0.25) is 0 Å². The molecule has 0 radical (unpaired) electrons. The van der Waals surface area contributed by atoms with Crippen molar-refractivity contribution < 1.29 is 4.74 Å². The second-order valence-corrected chi connectivity index (χ2v) is 5.81. The highest BCUT2D eigenvalue weighted by molar-refractivity contribution is 5.39. The van der Waals surface area contributed by atoms with Gasteiger partial charge in [0.2, 0.25) is 0 Å². The molecule has 21 heavy (non-hydrogen) atoms. The van der Waals surface area contributed by atoms with Gasteiger partial charge in [0.25, 0.3) is 0 Å². The SMILES string of the molecule is CCCNC(c1cccc(C)c1)C1Cc2ccccc2O1. The predicted molar refractivity (Wildman–Crippen MR) is 86.8 cm³/mol. The Morgan fingerprint density at radius 1 is 1.19 bits per heavy atom. The molecule has 0 spiro atoms. The van der Waals surface area contributed by atoms with Gasteiger partial charge in [-0.05, 0) is 37.1 Å².